The Kier molecular flexibility index (Phi) is 4.29. The summed E-state index contributed by atoms with van der Waals surface area (Å²) in [5, 5.41) is 10.2. The summed E-state index contributed by atoms with van der Waals surface area (Å²) in [6.45, 7) is 1.76. The van der Waals surface area contributed by atoms with E-state index >= 15 is 0 Å². The average molecular weight is 342 g/mol. The highest BCUT2D eigenvalue weighted by molar-refractivity contribution is 7.89. The van der Waals surface area contributed by atoms with Crippen LogP contribution in [0.2, 0.25) is 0 Å². The summed E-state index contributed by atoms with van der Waals surface area (Å²) in [7, 11) is -7.97. The van der Waals surface area contributed by atoms with Gasteiger partial charge < -0.3 is 0 Å². The van der Waals surface area contributed by atoms with Crippen LogP contribution in [-0.4, -0.2) is 26.8 Å². The summed E-state index contributed by atoms with van der Waals surface area (Å²) in [5.74, 6) is 0. The fraction of sp³-hybridized carbons (Fsp3) is 0.167. The van der Waals surface area contributed by atoms with Gasteiger partial charge in [-0.15, -0.1) is 0 Å². The van der Waals surface area contributed by atoms with Gasteiger partial charge in [0.25, 0.3) is 0 Å². The third-order valence-corrected chi connectivity index (χ3v) is 4.80. The Labute approximate surface area is 128 Å². The first kappa shape index (κ1) is 16.5. The van der Waals surface area contributed by atoms with E-state index in [9.17, 15) is 16.8 Å². The highest BCUT2D eigenvalue weighted by Crippen LogP contribution is 2.21. The van der Waals surface area contributed by atoms with Crippen molar-refractivity contribution in [2.75, 3.05) is 0 Å². The molecule has 0 saturated carbocycles. The van der Waals surface area contributed by atoms with Crippen molar-refractivity contribution >= 4 is 20.0 Å². The standard InChI is InChI=1S/C12H14N4O4S2/c1-8-6-16-10(7-15-8)4-9-5-11(21(13,17)18)2-3-12(9)22(14,19)20/h2-3,5-7H,4H2,1H3,(H2,13,17,18)(H2,14,19,20). The SMILES string of the molecule is Cc1cnc(Cc2cc(S(N)(=O)=O)ccc2S(N)(=O)=O)cn1. The van der Waals surface area contributed by atoms with Crippen molar-refractivity contribution in [3.63, 3.8) is 0 Å². The molecule has 1 aromatic carbocycles. The van der Waals surface area contributed by atoms with Crippen LogP contribution < -0.4 is 10.3 Å². The zero-order chi connectivity index (χ0) is 16.5. The molecule has 0 unspecified atom stereocenters. The zero-order valence-electron chi connectivity index (χ0n) is 11.6. The first-order valence-corrected chi connectivity index (χ1v) is 9.13. The van der Waals surface area contributed by atoms with E-state index < -0.39 is 20.0 Å². The molecule has 0 aliphatic rings. The third-order valence-electron chi connectivity index (χ3n) is 2.87. The van der Waals surface area contributed by atoms with E-state index in [1.165, 1.54) is 18.5 Å². The van der Waals surface area contributed by atoms with Crippen LogP contribution in [0, 0.1) is 6.92 Å². The van der Waals surface area contributed by atoms with E-state index in [0.29, 0.717) is 11.4 Å². The Balaban J connectivity index is 2.57. The Bertz CT molecular complexity index is 907. The van der Waals surface area contributed by atoms with Crippen molar-refractivity contribution in [1.29, 1.82) is 0 Å². The lowest BCUT2D eigenvalue weighted by molar-refractivity contribution is 0.593. The molecule has 10 heteroatoms. The van der Waals surface area contributed by atoms with Crippen molar-refractivity contribution < 1.29 is 16.8 Å². The van der Waals surface area contributed by atoms with E-state index in [1.54, 1.807) is 6.92 Å². The molecule has 0 saturated heterocycles. The molecule has 4 N–H and O–H groups in total. The van der Waals surface area contributed by atoms with Gasteiger partial charge in [0.1, 0.15) is 0 Å². The van der Waals surface area contributed by atoms with Crippen LogP contribution in [-0.2, 0) is 26.5 Å². The number of primary sulfonamides is 2. The molecule has 0 atom stereocenters. The van der Waals surface area contributed by atoms with Gasteiger partial charge in [-0.3, -0.25) is 9.97 Å². The highest BCUT2D eigenvalue weighted by Gasteiger charge is 2.18. The molecule has 1 heterocycles. The van der Waals surface area contributed by atoms with Gasteiger partial charge in [-0.25, -0.2) is 27.1 Å². The maximum absolute atomic E-state index is 11.6. The summed E-state index contributed by atoms with van der Waals surface area (Å²) < 4.78 is 46.1. The number of aryl methyl sites for hydroxylation is 1. The van der Waals surface area contributed by atoms with Gasteiger partial charge in [-0.05, 0) is 30.7 Å². The molecule has 22 heavy (non-hydrogen) atoms. The molecule has 1 aromatic heterocycles. The van der Waals surface area contributed by atoms with Gasteiger partial charge in [0.15, 0.2) is 0 Å². The molecule has 2 rings (SSSR count). The molecule has 0 bridgehead atoms. The predicted molar refractivity (Wildman–Crippen MR) is 78.8 cm³/mol. The molecule has 2 aromatic rings. The molecule has 118 valence electrons. The second-order valence-electron chi connectivity index (χ2n) is 4.69. The average Bonchev–Trinajstić information content (AvgIpc) is 2.39. The molecule has 0 amide bonds. The Morgan fingerprint density at radius 2 is 1.68 bits per heavy atom. The van der Waals surface area contributed by atoms with E-state index in [-0.39, 0.29) is 21.8 Å². The summed E-state index contributed by atoms with van der Waals surface area (Å²) in [6.07, 6.45) is 3.06. The van der Waals surface area contributed by atoms with Crippen LogP contribution >= 0.6 is 0 Å². The monoisotopic (exact) mass is 342 g/mol. The van der Waals surface area contributed by atoms with Crippen molar-refractivity contribution in [2.45, 2.75) is 23.1 Å². The van der Waals surface area contributed by atoms with E-state index in [2.05, 4.69) is 9.97 Å². The predicted octanol–water partition coefficient (Wildman–Crippen LogP) is -0.329. The lowest BCUT2D eigenvalue weighted by Crippen LogP contribution is -2.17. The number of sulfonamides is 2. The summed E-state index contributed by atoms with van der Waals surface area (Å²) in [5.41, 5.74) is 1.36. The third kappa shape index (κ3) is 3.85. The summed E-state index contributed by atoms with van der Waals surface area (Å²) in [4.78, 5) is 7.78. The molecular weight excluding hydrogens is 328 g/mol. The second-order valence-corrected chi connectivity index (χ2v) is 7.78. The smallest absolute Gasteiger partial charge is 0.238 e. The van der Waals surface area contributed by atoms with Crippen LogP contribution in [0.5, 0.6) is 0 Å². The Morgan fingerprint density at radius 1 is 1.00 bits per heavy atom. The quantitative estimate of drug-likeness (QED) is 0.778. The lowest BCUT2D eigenvalue weighted by atomic mass is 10.1. The van der Waals surface area contributed by atoms with Gasteiger partial charge in [-0.2, -0.15) is 0 Å². The summed E-state index contributed by atoms with van der Waals surface area (Å²) in [6, 6.07) is 3.39. The Hall–Kier alpha value is -1.88. The molecule has 0 spiro atoms. The van der Waals surface area contributed by atoms with Crippen molar-refractivity contribution in [1.82, 2.24) is 9.97 Å². The maximum Gasteiger partial charge on any atom is 0.238 e. The molecule has 0 radical (unpaired) electrons. The van der Waals surface area contributed by atoms with Crippen LogP contribution in [0.3, 0.4) is 0 Å². The van der Waals surface area contributed by atoms with Crippen molar-refractivity contribution in [3.05, 3.63) is 47.5 Å². The lowest BCUT2D eigenvalue weighted by Gasteiger charge is -2.09. The van der Waals surface area contributed by atoms with E-state index in [0.717, 1.165) is 12.1 Å². The molecule has 0 fully saturated rings. The number of aromatic nitrogens is 2. The number of hydrogen-bond acceptors (Lipinski definition) is 6. The second kappa shape index (κ2) is 5.72. The van der Waals surface area contributed by atoms with Gasteiger partial charge in [-0.1, -0.05) is 0 Å². The van der Waals surface area contributed by atoms with Crippen LogP contribution in [0.15, 0.2) is 40.4 Å². The molecule has 0 aliphatic carbocycles. The van der Waals surface area contributed by atoms with Gasteiger partial charge >= 0.3 is 0 Å². The summed E-state index contributed by atoms with van der Waals surface area (Å²) >= 11 is 0. The van der Waals surface area contributed by atoms with Crippen LogP contribution in [0.1, 0.15) is 17.0 Å². The Morgan fingerprint density at radius 3 is 2.18 bits per heavy atom. The molecule has 8 nitrogen and oxygen atoms in total. The highest BCUT2D eigenvalue weighted by atomic mass is 32.2. The fourth-order valence-electron chi connectivity index (χ4n) is 1.85. The number of benzene rings is 1. The first-order valence-electron chi connectivity index (χ1n) is 6.03. The topological polar surface area (TPSA) is 146 Å². The van der Waals surface area contributed by atoms with Crippen LogP contribution in [0.25, 0.3) is 0 Å². The molecule has 0 aliphatic heterocycles. The largest absolute Gasteiger partial charge is 0.258 e. The normalized spacial score (nSPS) is 12.3. The van der Waals surface area contributed by atoms with E-state index in [1.807, 2.05) is 0 Å². The fourth-order valence-corrected chi connectivity index (χ4v) is 3.17. The van der Waals surface area contributed by atoms with Crippen LogP contribution in [0.4, 0.5) is 0 Å². The van der Waals surface area contributed by atoms with Crippen molar-refractivity contribution in [3.8, 4) is 0 Å². The minimum Gasteiger partial charge on any atom is -0.258 e. The van der Waals surface area contributed by atoms with Gasteiger partial charge in [0, 0.05) is 18.8 Å². The number of nitrogens with zero attached hydrogens (tertiary/aromatic N) is 2. The number of nitrogens with two attached hydrogens (primary N) is 2. The zero-order valence-corrected chi connectivity index (χ0v) is 13.2. The van der Waals surface area contributed by atoms with Crippen molar-refractivity contribution in [2.24, 2.45) is 10.3 Å². The minimum absolute atomic E-state index is 0.0579. The number of rotatable bonds is 4. The van der Waals surface area contributed by atoms with E-state index in [4.69, 9.17) is 10.3 Å². The van der Waals surface area contributed by atoms with Gasteiger partial charge in [0.2, 0.25) is 20.0 Å². The first-order chi connectivity index (χ1) is 10.1. The minimum atomic E-state index is -4.01. The van der Waals surface area contributed by atoms with Gasteiger partial charge in [0.05, 0.1) is 21.2 Å². The maximum atomic E-state index is 11.6. The molecular formula is C12H14N4O4S2. The number of hydrogen-bond donors (Lipinski definition) is 2.